The summed E-state index contributed by atoms with van der Waals surface area (Å²) in [6, 6.07) is 10.2. The predicted molar refractivity (Wildman–Crippen MR) is 103 cm³/mol. The zero-order valence-corrected chi connectivity index (χ0v) is 15.4. The fourth-order valence-electron chi connectivity index (χ4n) is 3.10. The first-order valence-electron chi connectivity index (χ1n) is 9.40. The van der Waals surface area contributed by atoms with E-state index in [1.54, 1.807) is 46.2 Å². The molecule has 0 radical (unpaired) electrons. The van der Waals surface area contributed by atoms with Gasteiger partial charge in [-0.3, -0.25) is 9.59 Å². The van der Waals surface area contributed by atoms with E-state index in [0.717, 1.165) is 18.5 Å². The van der Waals surface area contributed by atoms with Crippen molar-refractivity contribution in [1.82, 2.24) is 9.80 Å². The van der Waals surface area contributed by atoms with Gasteiger partial charge in [-0.05, 0) is 49.2 Å². The van der Waals surface area contributed by atoms with Crippen LogP contribution < -0.4 is 10.6 Å². The largest absolute Gasteiger partial charge is 0.459 e. The minimum Gasteiger partial charge on any atom is -0.459 e. The maximum absolute atomic E-state index is 12.5. The van der Waals surface area contributed by atoms with Crippen molar-refractivity contribution in [2.75, 3.05) is 36.8 Å². The van der Waals surface area contributed by atoms with Crippen molar-refractivity contribution in [3.8, 4) is 0 Å². The average Bonchev–Trinajstić information content (AvgIpc) is 3.43. The third-order valence-electron chi connectivity index (χ3n) is 4.94. The monoisotopic (exact) mass is 382 g/mol. The molecule has 8 nitrogen and oxygen atoms in total. The van der Waals surface area contributed by atoms with Crippen molar-refractivity contribution >= 4 is 29.2 Å². The Morgan fingerprint density at radius 3 is 2.04 bits per heavy atom. The van der Waals surface area contributed by atoms with Gasteiger partial charge in [0.15, 0.2) is 5.76 Å². The molecular weight excluding hydrogens is 360 g/mol. The van der Waals surface area contributed by atoms with Crippen molar-refractivity contribution in [3.63, 3.8) is 0 Å². The Morgan fingerprint density at radius 1 is 0.857 bits per heavy atom. The Balaban J connectivity index is 1.26. The smallest absolute Gasteiger partial charge is 0.321 e. The van der Waals surface area contributed by atoms with Gasteiger partial charge in [0.25, 0.3) is 5.91 Å². The molecule has 146 valence electrons. The summed E-state index contributed by atoms with van der Waals surface area (Å²) in [7, 11) is 0. The molecule has 0 bridgehead atoms. The first-order valence-corrected chi connectivity index (χ1v) is 9.40. The number of carbonyl (C=O) groups excluding carboxylic acids is 3. The molecule has 4 amide bonds. The summed E-state index contributed by atoms with van der Waals surface area (Å²) in [5.41, 5.74) is 1.38. The molecule has 1 saturated carbocycles. The SMILES string of the molecule is O=C(Nc1ccc(NC(=O)N2CCN(C(=O)c3ccco3)CC2)cc1)C1CC1. The molecular formula is C20H22N4O4. The summed E-state index contributed by atoms with van der Waals surface area (Å²) >= 11 is 0. The lowest BCUT2D eigenvalue weighted by molar-refractivity contribution is -0.117. The van der Waals surface area contributed by atoms with Crippen LogP contribution in [0.4, 0.5) is 16.2 Å². The van der Waals surface area contributed by atoms with Gasteiger partial charge in [-0.25, -0.2) is 4.79 Å². The van der Waals surface area contributed by atoms with Crippen LogP contribution in [0.25, 0.3) is 0 Å². The highest BCUT2D eigenvalue weighted by atomic mass is 16.3. The number of carbonyl (C=O) groups is 3. The van der Waals surface area contributed by atoms with Gasteiger partial charge in [0.05, 0.1) is 6.26 Å². The van der Waals surface area contributed by atoms with Crippen LogP contribution in [-0.2, 0) is 4.79 Å². The molecule has 1 aromatic carbocycles. The molecule has 2 fully saturated rings. The van der Waals surface area contributed by atoms with Gasteiger partial charge in [0.1, 0.15) is 0 Å². The molecule has 0 atom stereocenters. The molecule has 28 heavy (non-hydrogen) atoms. The molecule has 2 N–H and O–H groups in total. The van der Waals surface area contributed by atoms with E-state index in [1.807, 2.05) is 0 Å². The van der Waals surface area contributed by atoms with Crippen molar-refractivity contribution in [2.45, 2.75) is 12.8 Å². The minimum atomic E-state index is -0.208. The van der Waals surface area contributed by atoms with E-state index in [0.29, 0.717) is 37.6 Å². The third kappa shape index (κ3) is 4.16. The number of benzene rings is 1. The Morgan fingerprint density at radius 2 is 1.46 bits per heavy atom. The Kier molecular flexibility index (Phi) is 5.01. The van der Waals surface area contributed by atoms with E-state index >= 15 is 0 Å². The van der Waals surface area contributed by atoms with Crippen molar-refractivity contribution in [2.24, 2.45) is 5.92 Å². The minimum absolute atomic E-state index is 0.0544. The predicted octanol–water partition coefficient (Wildman–Crippen LogP) is 2.62. The first-order chi connectivity index (χ1) is 13.6. The van der Waals surface area contributed by atoms with E-state index in [1.165, 1.54) is 6.26 Å². The number of amides is 4. The highest BCUT2D eigenvalue weighted by Gasteiger charge is 2.29. The molecule has 2 aliphatic rings. The van der Waals surface area contributed by atoms with Crippen LogP contribution in [0.3, 0.4) is 0 Å². The summed E-state index contributed by atoms with van der Waals surface area (Å²) < 4.78 is 5.14. The summed E-state index contributed by atoms with van der Waals surface area (Å²) in [6.07, 6.45) is 3.39. The maximum atomic E-state index is 12.5. The van der Waals surface area contributed by atoms with Crippen molar-refractivity contribution in [3.05, 3.63) is 48.4 Å². The topological polar surface area (TPSA) is 94.9 Å². The number of piperazine rings is 1. The van der Waals surface area contributed by atoms with Crippen LogP contribution >= 0.6 is 0 Å². The Hall–Kier alpha value is -3.29. The highest BCUT2D eigenvalue weighted by molar-refractivity contribution is 5.95. The molecule has 2 aromatic rings. The highest BCUT2D eigenvalue weighted by Crippen LogP contribution is 2.30. The van der Waals surface area contributed by atoms with Crippen LogP contribution in [0, 0.1) is 5.92 Å². The number of furan rings is 1. The molecule has 1 aromatic heterocycles. The fourth-order valence-corrected chi connectivity index (χ4v) is 3.10. The lowest BCUT2D eigenvalue weighted by atomic mass is 10.2. The molecule has 1 saturated heterocycles. The van der Waals surface area contributed by atoms with E-state index in [-0.39, 0.29) is 23.8 Å². The van der Waals surface area contributed by atoms with Gasteiger partial charge in [-0.15, -0.1) is 0 Å². The van der Waals surface area contributed by atoms with Crippen LogP contribution in [0.15, 0.2) is 47.1 Å². The molecule has 4 rings (SSSR count). The lowest BCUT2D eigenvalue weighted by Gasteiger charge is -2.34. The molecule has 0 unspecified atom stereocenters. The number of nitrogens with one attached hydrogen (secondary N) is 2. The van der Waals surface area contributed by atoms with Gasteiger partial charge in [-0.2, -0.15) is 0 Å². The third-order valence-corrected chi connectivity index (χ3v) is 4.94. The quantitative estimate of drug-likeness (QED) is 0.850. The molecule has 8 heteroatoms. The Labute approximate surface area is 162 Å². The first kappa shape index (κ1) is 18.1. The summed E-state index contributed by atoms with van der Waals surface area (Å²) in [5, 5.41) is 5.72. The summed E-state index contributed by atoms with van der Waals surface area (Å²) in [6.45, 7) is 1.82. The van der Waals surface area contributed by atoms with E-state index < -0.39 is 0 Å². The van der Waals surface area contributed by atoms with E-state index in [2.05, 4.69) is 10.6 Å². The van der Waals surface area contributed by atoms with E-state index in [4.69, 9.17) is 4.42 Å². The molecule has 1 aliphatic carbocycles. The number of hydrogen-bond acceptors (Lipinski definition) is 4. The average molecular weight is 382 g/mol. The molecule has 0 spiro atoms. The van der Waals surface area contributed by atoms with E-state index in [9.17, 15) is 14.4 Å². The van der Waals surface area contributed by atoms with Crippen LogP contribution in [-0.4, -0.2) is 53.8 Å². The normalized spacial score (nSPS) is 16.6. The van der Waals surface area contributed by atoms with Gasteiger partial charge < -0.3 is 24.9 Å². The van der Waals surface area contributed by atoms with Gasteiger partial charge in [-0.1, -0.05) is 0 Å². The fraction of sp³-hybridized carbons (Fsp3) is 0.350. The second-order valence-corrected chi connectivity index (χ2v) is 7.03. The van der Waals surface area contributed by atoms with Gasteiger partial charge >= 0.3 is 6.03 Å². The standard InChI is InChI=1S/C20H22N4O4/c25-18(14-3-4-14)21-15-5-7-16(8-6-15)22-20(27)24-11-9-23(10-12-24)19(26)17-2-1-13-28-17/h1-2,5-8,13-14H,3-4,9-12H2,(H,21,25)(H,22,27). The Bertz CT molecular complexity index is 851. The summed E-state index contributed by atoms with van der Waals surface area (Å²) in [4.78, 5) is 39.8. The number of anilines is 2. The van der Waals surface area contributed by atoms with Gasteiger partial charge in [0.2, 0.25) is 5.91 Å². The maximum Gasteiger partial charge on any atom is 0.321 e. The van der Waals surface area contributed by atoms with Crippen LogP contribution in [0.2, 0.25) is 0 Å². The van der Waals surface area contributed by atoms with Crippen LogP contribution in [0.1, 0.15) is 23.4 Å². The van der Waals surface area contributed by atoms with Crippen molar-refractivity contribution < 1.29 is 18.8 Å². The summed E-state index contributed by atoms with van der Waals surface area (Å²) in [5.74, 6) is 0.358. The molecule has 2 heterocycles. The second-order valence-electron chi connectivity index (χ2n) is 7.03. The van der Waals surface area contributed by atoms with Crippen molar-refractivity contribution in [1.29, 1.82) is 0 Å². The van der Waals surface area contributed by atoms with Crippen LogP contribution in [0.5, 0.6) is 0 Å². The number of nitrogens with zero attached hydrogens (tertiary/aromatic N) is 2. The number of urea groups is 1. The number of hydrogen-bond donors (Lipinski definition) is 2. The van der Waals surface area contributed by atoms with Gasteiger partial charge in [0, 0.05) is 43.5 Å². The zero-order chi connectivity index (χ0) is 19.5. The number of rotatable bonds is 4. The second kappa shape index (κ2) is 7.75. The zero-order valence-electron chi connectivity index (χ0n) is 15.4. The molecule has 1 aliphatic heterocycles. The lowest BCUT2D eigenvalue weighted by Crippen LogP contribution is -2.51.